The zero-order valence-corrected chi connectivity index (χ0v) is 13.6. The molecule has 1 fully saturated rings. The molecule has 5 heteroatoms. The number of amides is 2. The number of ether oxygens (including phenoxy) is 1. The second kappa shape index (κ2) is 7.29. The maximum Gasteiger partial charge on any atom is 0.227 e. The first kappa shape index (κ1) is 16.3. The second-order valence-corrected chi connectivity index (χ2v) is 5.61. The summed E-state index contributed by atoms with van der Waals surface area (Å²) in [5.41, 5.74) is 2.03. The van der Waals surface area contributed by atoms with Gasteiger partial charge in [0.2, 0.25) is 11.8 Å². The molecule has 1 aliphatic heterocycles. The van der Waals surface area contributed by atoms with E-state index < -0.39 is 0 Å². The lowest BCUT2D eigenvalue weighted by atomic mass is 10.1. The van der Waals surface area contributed by atoms with E-state index in [9.17, 15) is 9.59 Å². The smallest absolute Gasteiger partial charge is 0.227 e. The summed E-state index contributed by atoms with van der Waals surface area (Å²) in [5, 5.41) is 0. The summed E-state index contributed by atoms with van der Waals surface area (Å²) in [4.78, 5) is 27.8. The Kier molecular flexibility index (Phi) is 5.41. The summed E-state index contributed by atoms with van der Waals surface area (Å²) in [6, 6.07) is 5.87. The zero-order chi connectivity index (χ0) is 16.1. The summed E-state index contributed by atoms with van der Waals surface area (Å²) < 4.78 is 5.33. The molecule has 0 spiro atoms. The van der Waals surface area contributed by atoms with Crippen molar-refractivity contribution in [2.24, 2.45) is 0 Å². The Morgan fingerprint density at radius 2 is 1.68 bits per heavy atom. The van der Waals surface area contributed by atoms with Gasteiger partial charge in [-0.3, -0.25) is 9.59 Å². The molecule has 1 aromatic carbocycles. The van der Waals surface area contributed by atoms with Gasteiger partial charge in [0.15, 0.2) is 0 Å². The Balaban J connectivity index is 1.96. The van der Waals surface area contributed by atoms with Crippen LogP contribution in [0.25, 0.3) is 0 Å². The van der Waals surface area contributed by atoms with Gasteiger partial charge in [0.05, 0.1) is 13.5 Å². The molecule has 5 nitrogen and oxygen atoms in total. The zero-order valence-electron chi connectivity index (χ0n) is 13.6. The molecule has 0 atom stereocenters. The van der Waals surface area contributed by atoms with E-state index in [1.807, 2.05) is 41.8 Å². The highest BCUT2D eigenvalue weighted by atomic mass is 16.5. The van der Waals surface area contributed by atoms with Gasteiger partial charge in [-0.15, -0.1) is 0 Å². The first-order chi connectivity index (χ1) is 10.5. The molecule has 0 radical (unpaired) electrons. The average Bonchev–Trinajstić information content (AvgIpc) is 2.54. The van der Waals surface area contributed by atoms with E-state index in [1.54, 1.807) is 7.11 Å². The summed E-state index contributed by atoms with van der Waals surface area (Å²) in [6.45, 7) is 6.34. The fourth-order valence-electron chi connectivity index (χ4n) is 2.75. The first-order valence-electron chi connectivity index (χ1n) is 7.74. The summed E-state index contributed by atoms with van der Waals surface area (Å²) in [5.74, 6) is 0.999. The van der Waals surface area contributed by atoms with Crippen LogP contribution in [0.2, 0.25) is 0 Å². The van der Waals surface area contributed by atoms with Crippen molar-refractivity contribution in [1.82, 2.24) is 9.80 Å². The molecular weight excluding hydrogens is 280 g/mol. The van der Waals surface area contributed by atoms with Crippen LogP contribution in [0.1, 0.15) is 24.5 Å². The summed E-state index contributed by atoms with van der Waals surface area (Å²) >= 11 is 0. The number of carbonyl (C=O) groups excluding carboxylic acids is 2. The highest BCUT2D eigenvalue weighted by Crippen LogP contribution is 2.21. The third-order valence-corrected chi connectivity index (χ3v) is 4.07. The first-order valence-corrected chi connectivity index (χ1v) is 7.74. The normalized spacial score (nSPS) is 14.9. The van der Waals surface area contributed by atoms with Gasteiger partial charge in [-0.2, -0.15) is 0 Å². The van der Waals surface area contributed by atoms with Crippen molar-refractivity contribution in [3.8, 4) is 5.75 Å². The Bertz CT molecular complexity index is 549. The van der Waals surface area contributed by atoms with E-state index in [1.165, 1.54) is 0 Å². The van der Waals surface area contributed by atoms with Gasteiger partial charge in [-0.1, -0.05) is 24.6 Å². The van der Waals surface area contributed by atoms with E-state index >= 15 is 0 Å². The van der Waals surface area contributed by atoms with Crippen LogP contribution in [0.15, 0.2) is 18.2 Å². The minimum atomic E-state index is 0.0903. The molecule has 2 amide bonds. The van der Waals surface area contributed by atoms with Gasteiger partial charge in [0, 0.05) is 38.2 Å². The molecule has 2 rings (SSSR count). The molecule has 0 aromatic heterocycles. The quantitative estimate of drug-likeness (QED) is 0.849. The van der Waals surface area contributed by atoms with E-state index in [4.69, 9.17) is 4.74 Å². The van der Waals surface area contributed by atoms with Crippen molar-refractivity contribution in [3.05, 3.63) is 29.3 Å². The van der Waals surface area contributed by atoms with Gasteiger partial charge in [0.1, 0.15) is 5.75 Å². The van der Waals surface area contributed by atoms with E-state index in [-0.39, 0.29) is 11.8 Å². The maximum absolute atomic E-state index is 12.5. The van der Waals surface area contributed by atoms with Crippen LogP contribution >= 0.6 is 0 Å². The molecule has 22 heavy (non-hydrogen) atoms. The average molecular weight is 304 g/mol. The minimum absolute atomic E-state index is 0.0903. The molecule has 0 unspecified atom stereocenters. The summed E-state index contributed by atoms with van der Waals surface area (Å²) in [7, 11) is 1.62. The topological polar surface area (TPSA) is 49.9 Å². The van der Waals surface area contributed by atoms with Gasteiger partial charge in [-0.25, -0.2) is 0 Å². The molecule has 0 bridgehead atoms. The van der Waals surface area contributed by atoms with Gasteiger partial charge in [0.25, 0.3) is 0 Å². The molecule has 1 aliphatic rings. The third kappa shape index (κ3) is 3.78. The SMILES string of the molecule is CCC(=O)N1CCN(C(=O)Cc2cc(C)ccc2OC)CC1. The highest BCUT2D eigenvalue weighted by Gasteiger charge is 2.23. The Labute approximate surface area is 131 Å². The minimum Gasteiger partial charge on any atom is -0.496 e. The lowest BCUT2D eigenvalue weighted by Crippen LogP contribution is -2.50. The Morgan fingerprint density at radius 3 is 2.23 bits per heavy atom. The molecule has 0 saturated carbocycles. The predicted molar refractivity (Wildman–Crippen MR) is 84.9 cm³/mol. The molecule has 0 N–H and O–H groups in total. The number of carbonyl (C=O) groups is 2. The van der Waals surface area contributed by atoms with Crippen LogP contribution in [0, 0.1) is 6.92 Å². The van der Waals surface area contributed by atoms with Gasteiger partial charge in [-0.05, 0) is 13.0 Å². The van der Waals surface area contributed by atoms with E-state index in [0.717, 1.165) is 16.9 Å². The Hall–Kier alpha value is -2.04. The van der Waals surface area contributed by atoms with E-state index in [0.29, 0.717) is 39.0 Å². The third-order valence-electron chi connectivity index (χ3n) is 4.07. The molecule has 0 aliphatic carbocycles. The van der Waals surface area contributed by atoms with Crippen molar-refractivity contribution < 1.29 is 14.3 Å². The number of aryl methyl sites for hydroxylation is 1. The van der Waals surface area contributed by atoms with Gasteiger partial charge < -0.3 is 14.5 Å². The van der Waals surface area contributed by atoms with Crippen LogP contribution in [-0.4, -0.2) is 54.9 Å². The second-order valence-electron chi connectivity index (χ2n) is 5.61. The fraction of sp³-hybridized carbons (Fsp3) is 0.529. The fourth-order valence-corrected chi connectivity index (χ4v) is 2.75. The van der Waals surface area contributed by atoms with Crippen LogP contribution in [0.4, 0.5) is 0 Å². The predicted octanol–water partition coefficient (Wildman–Crippen LogP) is 1.63. The Morgan fingerprint density at radius 1 is 1.09 bits per heavy atom. The largest absolute Gasteiger partial charge is 0.496 e. The number of benzene rings is 1. The van der Waals surface area contributed by atoms with Crippen molar-refractivity contribution in [2.75, 3.05) is 33.3 Å². The van der Waals surface area contributed by atoms with Crippen LogP contribution < -0.4 is 4.74 Å². The van der Waals surface area contributed by atoms with Crippen molar-refractivity contribution in [3.63, 3.8) is 0 Å². The van der Waals surface area contributed by atoms with Crippen molar-refractivity contribution in [1.29, 1.82) is 0 Å². The van der Waals surface area contributed by atoms with E-state index in [2.05, 4.69) is 0 Å². The molecule has 1 saturated heterocycles. The number of nitrogens with zero attached hydrogens (tertiary/aromatic N) is 2. The highest BCUT2D eigenvalue weighted by molar-refractivity contribution is 5.80. The number of piperazine rings is 1. The number of methoxy groups -OCH3 is 1. The number of rotatable bonds is 4. The van der Waals surface area contributed by atoms with Crippen LogP contribution in [0.3, 0.4) is 0 Å². The molecule has 1 aromatic rings. The molecule has 1 heterocycles. The number of hydrogen-bond donors (Lipinski definition) is 0. The lowest BCUT2D eigenvalue weighted by Gasteiger charge is -2.34. The van der Waals surface area contributed by atoms with Crippen molar-refractivity contribution in [2.45, 2.75) is 26.7 Å². The van der Waals surface area contributed by atoms with Crippen molar-refractivity contribution >= 4 is 11.8 Å². The standard InChI is InChI=1S/C17H24N2O3/c1-4-16(20)18-7-9-19(10-8-18)17(21)12-14-11-13(2)5-6-15(14)22-3/h5-6,11H,4,7-10,12H2,1-3H3. The molecular formula is C17H24N2O3. The number of hydrogen-bond acceptors (Lipinski definition) is 3. The lowest BCUT2D eigenvalue weighted by molar-refractivity contribution is -0.139. The van der Waals surface area contributed by atoms with Gasteiger partial charge >= 0.3 is 0 Å². The monoisotopic (exact) mass is 304 g/mol. The molecule has 120 valence electrons. The maximum atomic E-state index is 12.5. The van der Waals surface area contributed by atoms with Crippen LogP contribution in [0.5, 0.6) is 5.75 Å². The summed E-state index contributed by atoms with van der Waals surface area (Å²) in [6.07, 6.45) is 0.862. The van der Waals surface area contributed by atoms with Crippen LogP contribution in [-0.2, 0) is 16.0 Å².